The van der Waals surface area contributed by atoms with Crippen molar-refractivity contribution in [1.82, 2.24) is 14.6 Å². The van der Waals surface area contributed by atoms with Crippen molar-refractivity contribution in [2.24, 2.45) is 5.14 Å². The zero-order valence-corrected chi connectivity index (χ0v) is 8.99. The standard InChI is InChI=1S/C7H6N4O2S2/c8-15(12,13)6-2-1-3-9-7(6)5-4-10-11-14-5/h1-4H,(H2,8,12,13). The maximum Gasteiger partial charge on any atom is 0.240 e. The fourth-order valence-electron chi connectivity index (χ4n) is 1.08. The van der Waals surface area contributed by atoms with E-state index < -0.39 is 10.0 Å². The summed E-state index contributed by atoms with van der Waals surface area (Å²) in [5.74, 6) is 0. The number of sulfonamides is 1. The smallest absolute Gasteiger partial charge is 0.240 e. The average Bonchev–Trinajstić information content (AvgIpc) is 2.69. The molecule has 0 radical (unpaired) electrons. The Morgan fingerprint density at radius 1 is 1.40 bits per heavy atom. The van der Waals surface area contributed by atoms with Gasteiger partial charge in [-0.2, -0.15) is 0 Å². The van der Waals surface area contributed by atoms with E-state index in [4.69, 9.17) is 5.14 Å². The predicted octanol–water partition coefficient (Wildman–Crippen LogP) is 0.248. The van der Waals surface area contributed by atoms with Gasteiger partial charge in [0, 0.05) is 6.20 Å². The van der Waals surface area contributed by atoms with Gasteiger partial charge in [-0.15, -0.1) is 5.10 Å². The highest BCUT2D eigenvalue weighted by Crippen LogP contribution is 2.25. The van der Waals surface area contributed by atoms with Gasteiger partial charge in [-0.3, -0.25) is 4.98 Å². The van der Waals surface area contributed by atoms with Crippen LogP contribution >= 0.6 is 11.5 Å². The number of primary sulfonamides is 1. The van der Waals surface area contributed by atoms with Crippen LogP contribution in [0.4, 0.5) is 0 Å². The SMILES string of the molecule is NS(=O)(=O)c1cccnc1-c1cnns1. The number of pyridine rings is 1. The lowest BCUT2D eigenvalue weighted by molar-refractivity contribution is 0.598. The molecule has 0 bridgehead atoms. The Bertz CT molecular complexity index is 564. The van der Waals surface area contributed by atoms with Crippen LogP contribution in [0.1, 0.15) is 0 Å². The second-order valence-corrected chi connectivity index (χ2v) is 4.99. The van der Waals surface area contributed by atoms with E-state index in [0.717, 1.165) is 11.5 Å². The first kappa shape index (κ1) is 10.1. The zero-order chi connectivity index (χ0) is 10.9. The molecule has 0 aromatic carbocycles. The van der Waals surface area contributed by atoms with Crippen molar-refractivity contribution in [3.63, 3.8) is 0 Å². The Morgan fingerprint density at radius 3 is 2.80 bits per heavy atom. The highest BCUT2D eigenvalue weighted by Gasteiger charge is 2.17. The lowest BCUT2D eigenvalue weighted by atomic mass is 10.3. The van der Waals surface area contributed by atoms with Crippen LogP contribution in [0, 0.1) is 0 Å². The molecule has 0 fully saturated rings. The summed E-state index contributed by atoms with van der Waals surface area (Å²) in [7, 11) is -3.77. The summed E-state index contributed by atoms with van der Waals surface area (Å²) in [4.78, 5) is 4.51. The fourth-order valence-corrected chi connectivity index (χ4v) is 2.37. The van der Waals surface area contributed by atoms with Crippen LogP contribution < -0.4 is 5.14 Å². The third-order valence-corrected chi connectivity index (χ3v) is 3.29. The highest BCUT2D eigenvalue weighted by molar-refractivity contribution is 7.89. The van der Waals surface area contributed by atoms with Crippen molar-refractivity contribution in [1.29, 1.82) is 0 Å². The van der Waals surface area contributed by atoms with Crippen LogP contribution in [0.5, 0.6) is 0 Å². The molecule has 0 amide bonds. The minimum absolute atomic E-state index is 0.0175. The third kappa shape index (κ3) is 2.01. The number of hydrogen-bond acceptors (Lipinski definition) is 6. The Kier molecular flexibility index (Phi) is 2.47. The van der Waals surface area contributed by atoms with Crippen LogP contribution in [-0.4, -0.2) is 23.0 Å². The molecule has 0 aliphatic heterocycles. The van der Waals surface area contributed by atoms with Gasteiger partial charge in [0.2, 0.25) is 10.0 Å². The lowest BCUT2D eigenvalue weighted by Gasteiger charge is -2.02. The van der Waals surface area contributed by atoms with Crippen molar-refractivity contribution < 1.29 is 8.42 Å². The van der Waals surface area contributed by atoms with Gasteiger partial charge in [0.15, 0.2) is 0 Å². The van der Waals surface area contributed by atoms with Crippen LogP contribution in [0.25, 0.3) is 10.6 Å². The fraction of sp³-hybridized carbons (Fsp3) is 0. The molecular formula is C7H6N4O2S2. The highest BCUT2D eigenvalue weighted by atomic mass is 32.2. The lowest BCUT2D eigenvalue weighted by Crippen LogP contribution is -2.13. The molecule has 0 aliphatic carbocycles. The maximum atomic E-state index is 11.3. The zero-order valence-electron chi connectivity index (χ0n) is 7.36. The van der Waals surface area contributed by atoms with Gasteiger partial charge in [0.05, 0.1) is 11.1 Å². The van der Waals surface area contributed by atoms with E-state index in [1.54, 1.807) is 0 Å². The Labute approximate surface area is 90.0 Å². The summed E-state index contributed by atoms with van der Waals surface area (Å²) < 4.78 is 26.1. The molecule has 8 heteroatoms. The molecule has 0 saturated heterocycles. The first-order valence-corrected chi connectivity index (χ1v) is 6.16. The molecule has 2 rings (SSSR count). The Morgan fingerprint density at radius 2 is 2.20 bits per heavy atom. The number of nitrogens with two attached hydrogens (primary N) is 1. The minimum atomic E-state index is -3.77. The molecule has 2 aromatic rings. The predicted molar refractivity (Wildman–Crippen MR) is 54.5 cm³/mol. The second kappa shape index (κ2) is 3.65. The van der Waals surface area contributed by atoms with Crippen LogP contribution in [-0.2, 0) is 10.0 Å². The quantitative estimate of drug-likeness (QED) is 0.813. The normalized spacial score (nSPS) is 11.5. The third-order valence-electron chi connectivity index (χ3n) is 1.67. The van der Waals surface area contributed by atoms with E-state index in [9.17, 15) is 8.42 Å². The van der Waals surface area contributed by atoms with Gasteiger partial charge in [0.1, 0.15) is 10.6 Å². The van der Waals surface area contributed by atoms with Crippen LogP contribution in [0.15, 0.2) is 29.4 Å². The molecule has 78 valence electrons. The summed E-state index contributed by atoms with van der Waals surface area (Å²) in [5, 5.41) is 8.67. The number of aromatic nitrogens is 3. The van der Waals surface area contributed by atoms with Gasteiger partial charge >= 0.3 is 0 Å². The van der Waals surface area contributed by atoms with E-state index in [1.807, 2.05) is 0 Å². The molecule has 2 N–H and O–H groups in total. The second-order valence-electron chi connectivity index (χ2n) is 2.68. The molecule has 0 saturated carbocycles. The van der Waals surface area contributed by atoms with Crippen molar-refractivity contribution in [3.05, 3.63) is 24.5 Å². The number of rotatable bonds is 2. The molecule has 0 spiro atoms. The Hall–Kier alpha value is -1.38. The van der Waals surface area contributed by atoms with E-state index in [0.29, 0.717) is 4.88 Å². The van der Waals surface area contributed by atoms with E-state index in [-0.39, 0.29) is 10.6 Å². The average molecular weight is 242 g/mol. The molecular weight excluding hydrogens is 236 g/mol. The topological polar surface area (TPSA) is 98.8 Å². The molecule has 2 heterocycles. The van der Waals surface area contributed by atoms with Crippen molar-refractivity contribution in [2.45, 2.75) is 4.90 Å². The maximum absolute atomic E-state index is 11.3. The van der Waals surface area contributed by atoms with E-state index in [1.165, 1.54) is 24.5 Å². The summed E-state index contributed by atoms with van der Waals surface area (Å²) in [5.41, 5.74) is 0.287. The summed E-state index contributed by atoms with van der Waals surface area (Å²) in [6.07, 6.45) is 2.94. The van der Waals surface area contributed by atoms with Crippen molar-refractivity contribution >= 4 is 21.6 Å². The molecule has 0 atom stereocenters. The summed E-state index contributed by atoms with van der Waals surface area (Å²) in [6.45, 7) is 0. The van der Waals surface area contributed by atoms with Gasteiger partial charge in [-0.1, -0.05) is 4.49 Å². The van der Waals surface area contributed by atoms with Crippen LogP contribution in [0.3, 0.4) is 0 Å². The number of hydrogen-bond donors (Lipinski definition) is 1. The van der Waals surface area contributed by atoms with Gasteiger partial charge < -0.3 is 0 Å². The molecule has 6 nitrogen and oxygen atoms in total. The first-order chi connectivity index (χ1) is 7.09. The van der Waals surface area contributed by atoms with E-state index >= 15 is 0 Å². The summed E-state index contributed by atoms with van der Waals surface area (Å²) >= 11 is 1.06. The largest absolute Gasteiger partial charge is 0.254 e. The van der Waals surface area contributed by atoms with Crippen LogP contribution in [0.2, 0.25) is 0 Å². The number of nitrogens with zero attached hydrogens (tertiary/aromatic N) is 3. The molecule has 2 aromatic heterocycles. The summed E-state index contributed by atoms with van der Waals surface area (Å²) in [6, 6.07) is 2.91. The van der Waals surface area contributed by atoms with E-state index in [2.05, 4.69) is 14.6 Å². The Balaban J connectivity index is 2.68. The van der Waals surface area contributed by atoms with Gasteiger partial charge in [-0.05, 0) is 23.7 Å². The van der Waals surface area contributed by atoms with Crippen molar-refractivity contribution in [2.75, 3.05) is 0 Å². The van der Waals surface area contributed by atoms with Crippen molar-refractivity contribution in [3.8, 4) is 10.6 Å². The molecule has 0 unspecified atom stereocenters. The monoisotopic (exact) mass is 242 g/mol. The molecule has 15 heavy (non-hydrogen) atoms. The minimum Gasteiger partial charge on any atom is -0.254 e. The van der Waals surface area contributed by atoms with Gasteiger partial charge in [0.25, 0.3) is 0 Å². The van der Waals surface area contributed by atoms with Gasteiger partial charge in [-0.25, -0.2) is 13.6 Å². The first-order valence-electron chi connectivity index (χ1n) is 3.84. The molecule has 0 aliphatic rings.